The first-order chi connectivity index (χ1) is 20.5. The Labute approximate surface area is 248 Å². The summed E-state index contributed by atoms with van der Waals surface area (Å²) in [7, 11) is 1.56. The Morgan fingerprint density at radius 3 is 2.26 bits per heavy atom. The maximum Gasteiger partial charge on any atom is 0.416 e. The van der Waals surface area contributed by atoms with Gasteiger partial charge in [0.25, 0.3) is 5.91 Å². The maximum absolute atomic E-state index is 14.1. The summed E-state index contributed by atoms with van der Waals surface area (Å²) < 4.78 is 39.8. The molecule has 43 heavy (non-hydrogen) atoms. The summed E-state index contributed by atoms with van der Waals surface area (Å²) in [5, 5.41) is 2.82. The molecule has 224 valence electrons. The van der Waals surface area contributed by atoms with Gasteiger partial charge in [-0.05, 0) is 49.4 Å². The van der Waals surface area contributed by atoms with Crippen LogP contribution in [0.4, 0.5) is 18.9 Å². The molecule has 0 bridgehead atoms. The number of fused-ring (bicyclic) bond motifs is 1. The minimum absolute atomic E-state index is 0.267. The number of likely N-dealkylation sites (N-methyl/N-ethyl adjacent to an activating group) is 1. The van der Waals surface area contributed by atoms with E-state index in [0.29, 0.717) is 42.5 Å². The number of alkyl halides is 3. The second-order valence-electron chi connectivity index (χ2n) is 11.2. The van der Waals surface area contributed by atoms with E-state index in [4.69, 9.17) is 5.73 Å². The zero-order chi connectivity index (χ0) is 30.8. The zero-order valence-corrected chi connectivity index (χ0v) is 23.7. The van der Waals surface area contributed by atoms with Crippen LogP contribution in [-0.4, -0.2) is 36.6 Å². The van der Waals surface area contributed by atoms with Gasteiger partial charge in [0.2, 0.25) is 18.0 Å². The predicted octanol–water partition coefficient (Wildman–Crippen LogP) is 5.26. The number of benzodiazepines with no additional fused rings is 1. The Hall–Kier alpha value is -4.47. The van der Waals surface area contributed by atoms with E-state index in [-0.39, 0.29) is 5.71 Å². The molecule has 1 heterocycles. The molecule has 7 nitrogen and oxygen atoms in total. The Balaban J connectivity index is 1.50. The third kappa shape index (κ3) is 6.04. The largest absolute Gasteiger partial charge is 0.416 e. The van der Waals surface area contributed by atoms with Crippen molar-refractivity contribution >= 4 is 29.1 Å². The highest BCUT2D eigenvalue weighted by molar-refractivity contribution is 6.20. The molecule has 0 saturated heterocycles. The van der Waals surface area contributed by atoms with Gasteiger partial charge in [-0.25, -0.2) is 4.99 Å². The fourth-order valence-corrected chi connectivity index (χ4v) is 6.32. The Morgan fingerprint density at radius 1 is 1.00 bits per heavy atom. The summed E-state index contributed by atoms with van der Waals surface area (Å²) in [6, 6.07) is 21.1. The number of hydrogen-bond donors (Lipinski definition) is 2. The normalized spacial score (nSPS) is 18.8. The molecule has 1 fully saturated rings. The molecule has 10 heteroatoms. The molecular weight excluding hydrogens is 557 g/mol. The molecule has 5 rings (SSSR count). The number of carbonyl (C=O) groups excluding carboxylic acids is 3. The van der Waals surface area contributed by atoms with Crippen LogP contribution >= 0.6 is 0 Å². The number of hydrogen-bond acceptors (Lipinski definition) is 4. The smallest absolute Gasteiger partial charge is 0.369 e. The van der Waals surface area contributed by atoms with Gasteiger partial charge in [0.15, 0.2) is 0 Å². The lowest BCUT2D eigenvalue weighted by molar-refractivity contribution is -0.142. The molecule has 2 atom stereocenters. The molecule has 3 aromatic rings. The van der Waals surface area contributed by atoms with Gasteiger partial charge in [0.1, 0.15) is 0 Å². The van der Waals surface area contributed by atoms with Crippen molar-refractivity contribution in [1.82, 2.24) is 5.32 Å². The van der Waals surface area contributed by atoms with E-state index >= 15 is 0 Å². The van der Waals surface area contributed by atoms with Crippen molar-refractivity contribution in [2.45, 2.75) is 50.9 Å². The number of carbonyl (C=O) groups is 3. The van der Waals surface area contributed by atoms with E-state index in [1.807, 2.05) is 30.3 Å². The first kappa shape index (κ1) is 30.0. The molecule has 3 N–H and O–H groups in total. The fourth-order valence-electron chi connectivity index (χ4n) is 6.32. The van der Waals surface area contributed by atoms with E-state index < -0.39 is 47.0 Å². The fraction of sp³-hybridized carbons (Fsp3) is 0.333. The molecule has 2 unspecified atom stereocenters. The number of aryl methyl sites for hydroxylation is 1. The van der Waals surface area contributed by atoms with Crippen molar-refractivity contribution in [3.63, 3.8) is 0 Å². The molecular formula is C33H33F3N4O3. The maximum atomic E-state index is 14.1. The third-order valence-electron chi connectivity index (χ3n) is 8.62. The summed E-state index contributed by atoms with van der Waals surface area (Å²) in [5.41, 5.74) is 6.66. The molecule has 3 aromatic carbocycles. The van der Waals surface area contributed by atoms with Crippen LogP contribution in [0.5, 0.6) is 0 Å². The molecule has 2 aliphatic rings. The zero-order valence-electron chi connectivity index (χ0n) is 23.7. The highest BCUT2D eigenvalue weighted by Crippen LogP contribution is 2.46. The van der Waals surface area contributed by atoms with E-state index in [2.05, 4.69) is 10.3 Å². The Kier molecular flexibility index (Phi) is 8.39. The molecule has 0 radical (unpaired) electrons. The standard InChI is InChI=1S/C33H33F3N4O3/c1-40-26-12-6-5-11-24(26)27(22-14-16-23(17-15-22)33(34,35)36)38-29(30(40)42)39-31(43)32(19-7-8-20-32)25(28(37)41)18-13-21-9-3-2-4-10-21/h2-6,9-12,14-17,25,29H,7-8,13,18-20H2,1H3,(H2,37,41)(H,39,43). The van der Waals surface area contributed by atoms with E-state index in [1.165, 1.54) is 17.0 Å². The summed E-state index contributed by atoms with van der Waals surface area (Å²) >= 11 is 0. The highest BCUT2D eigenvalue weighted by atomic mass is 19.4. The number of nitrogens with two attached hydrogens (primary N) is 1. The number of amides is 3. The SMILES string of the molecule is CN1C(=O)C(NC(=O)C2(C(CCc3ccccc3)C(N)=O)CCCC2)N=C(c2ccc(C(F)(F)F)cc2)c2ccccc21. The average Bonchev–Trinajstić information content (AvgIpc) is 3.46. The number of nitrogens with one attached hydrogen (secondary N) is 1. The first-order valence-corrected chi connectivity index (χ1v) is 14.3. The van der Waals surface area contributed by atoms with Crippen LogP contribution in [0.1, 0.15) is 54.4 Å². The van der Waals surface area contributed by atoms with E-state index in [1.54, 1.807) is 31.3 Å². The van der Waals surface area contributed by atoms with Gasteiger partial charge in [-0.15, -0.1) is 0 Å². The molecule has 3 amide bonds. The molecule has 0 spiro atoms. The first-order valence-electron chi connectivity index (χ1n) is 14.3. The number of para-hydroxylation sites is 1. The summed E-state index contributed by atoms with van der Waals surface area (Å²) in [6.45, 7) is 0. The molecule has 1 aliphatic carbocycles. The third-order valence-corrected chi connectivity index (χ3v) is 8.62. The van der Waals surface area contributed by atoms with Gasteiger partial charge in [0, 0.05) is 18.2 Å². The summed E-state index contributed by atoms with van der Waals surface area (Å²) in [4.78, 5) is 46.7. The van der Waals surface area contributed by atoms with Gasteiger partial charge >= 0.3 is 6.18 Å². The van der Waals surface area contributed by atoms with Crippen LogP contribution in [0.15, 0.2) is 83.9 Å². The lowest BCUT2D eigenvalue weighted by atomic mass is 9.70. The monoisotopic (exact) mass is 590 g/mol. The van der Waals surface area contributed by atoms with Crippen LogP contribution in [0, 0.1) is 11.3 Å². The molecule has 0 aromatic heterocycles. The highest BCUT2D eigenvalue weighted by Gasteiger charge is 2.50. The summed E-state index contributed by atoms with van der Waals surface area (Å²) in [6.07, 6.45) is -2.62. The molecule has 1 aliphatic heterocycles. The van der Waals surface area contributed by atoms with Gasteiger partial charge in [-0.2, -0.15) is 13.2 Å². The van der Waals surface area contributed by atoms with Crippen molar-refractivity contribution in [3.05, 3.63) is 101 Å². The molecule has 1 saturated carbocycles. The second kappa shape index (κ2) is 12.0. The minimum Gasteiger partial charge on any atom is -0.369 e. The van der Waals surface area contributed by atoms with Crippen molar-refractivity contribution in [1.29, 1.82) is 0 Å². The van der Waals surface area contributed by atoms with E-state index in [0.717, 1.165) is 30.5 Å². The van der Waals surface area contributed by atoms with Crippen molar-refractivity contribution in [3.8, 4) is 0 Å². The van der Waals surface area contributed by atoms with Crippen molar-refractivity contribution < 1.29 is 27.6 Å². The Morgan fingerprint density at radius 2 is 1.63 bits per heavy atom. The number of benzene rings is 3. The van der Waals surface area contributed by atoms with Crippen LogP contribution in [0.2, 0.25) is 0 Å². The number of nitrogens with zero attached hydrogens (tertiary/aromatic N) is 2. The van der Waals surface area contributed by atoms with Crippen molar-refractivity contribution in [2.24, 2.45) is 22.1 Å². The van der Waals surface area contributed by atoms with Crippen LogP contribution < -0.4 is 16.0 Å². The predicted molar refractivity (Wildman–Crippen MR) is 157 cm³/mol. The number of halogens is 3. The topological polar surface area (TPSA) is 105 Å². The van der Waals surface area contributed by atoms with Crippen LogP contribution in [0.3, 0.4) is 0 Å². The quantitative estimate of drug-likeness (QED) is 0.374. The van der Waals surface area contributed by atoms with Crippen molar-refractivity contribution in [2.75, 3.05) is 11.9 Å². The van der Waals surface area contributed by atoms with Gasteiger partial charge in [-0.3, -0.25) is 14.4 Å². The second-order valence-corrected chi connectivity index (χ2v) is 11.2. The number of primary amides is 1. The number of rotatable bonds is 8. The lowest BCUT2D eigenvalue weighted by Crippen LogP contribution is -2.54. The van der Waals surface area contributed by atoms with Gasteiger partial charge in [-0.1, -0.05) is 73.5 Å². The Bertz CT molecular complexity index is 1530. The average molecular weight is 591 g/mol. The van der Waals surface area contributed by atoms with E-state index in [9.17, 15) is 27.6 Å². The van der Waals surface area contributed by atoms with Gasteiger partial charge < -0.3 is 16.0 Å². The van der Waals surface area contributed by atoms with Crippen LogP contribution in [0.25, 0.3) is 0 Å². The number of anilines is 1. The number of aliphatic imine (C=N–C) groups is 1. The minimum atomic E-state index is -4.51. The van der Waals surface area contributed by atoms with Crippen LogP contribution in [-0.2, 0) is 27.0 Å². The summed E-state index contributed by atoms with van der Waals surface area (Å²) in [5.74, 6) is -2.33. The lowest BCUT2D eigenvalue weighted by Gasteiger charge is -2.35. The van der Waals surface area contributed by atoms with Gasteiger partial charge in [0.05, 0.1) is 28.3 Å².